The molecule has 0 spiro atoms. The SMILES string of the molecule is Cc1ccc(F)c(C(=O)Nc2ccc(-c3cc4ccccc4n3C(N)=O)cc2)c1. The number of hydrogen-bond acceptors (Lipinski definition) is 2. The molecule has 0 radical (unpaired) electrons. The molecule has 0 atom stereocenters. The number of nitrogens with zero attached hydrogens (tertiary/aromatic N) is 1. The Kier molecular flexibility index (Phi) is 4.60. The summed E-state index contributed by atoms with van der Waals surface area (Å²) in [5.74, 6) is -1.10. The lowest BCUT2D eigenvalue weighted by molar-refractivity contribution is 0.102. The van der Waals surface area contributed by atoms with Crippen LogP contribution in [-0.4, -0.2) is 16.5 Å². The van der Waals surface area contributed by atoms with E-state index in [0.29, 0.717) is 11.4 Å². The van der Waals surface area contributed by atoms with Crippen LogP contribution in [0, 0.1) is 12.7 Å². The van der Waals surface area contributed by atoms with E-state index in [4.69, 9.17) is 5.73 Å². The predicted molar refractivity (Wildman–Crippen MR) is 111 cm³/mol. The fourth-order valence-electron chi connectivity index (χ4n) is 3.34. The van der Waals surface area contributed by atoms with Gasteiger partial charge in [0.25, 0.3) is 5.91 Å². The highest BCUT2D eigenvalue weighted by Gasteiger charge is 2.15. The van der Waals surface area contributed by atoms with Crippen LogP contribution in [0.2, 0.25) is 0 Å². The molecule has 0 aliphatic heterocycles. The van der Waals surface area contributed by atoms with Crippen molar-refractivity contribution >= 4 is 28.5 Å². The number of carbonyl (C=O) groups is 2. The number of amides is 2. The van der Waals surface area contributed by atoms with Crippen LogP contribution in [0.15, 0.2) is 72.8 Å². The molecule has 0 fully saturated rings. The summed E-state index contributed by atoms with van der Waals surface area (Å²) in [6, 6.07) is 20.1. The van der Waals surface area contributed by atoms with Crippen LogP contribution in [0.5, 0.6) is 0 Å². The number of rotatable bonds is 3. The van der Waals surface area contributed by atoms with Crippen LogP contribution < -0.4 is 11.1 Å². The number of nitrogens with two attached hydrogens (primary N) is 1. The van der Waals surface area contributed by atoms with E-state index in [1.807, 2.05) is 30.3 Å². The number of aromatic nitrogens is 1. The molecule has 5 nitrogen and oxygen atoms in total. The number of carbonyl (C=O) groups excluding carboxylic acids is 2. The van der Waals surface area contributed by atoms with Crippen LogP contribution in [0.25, 0.3) is 22.2 Å². The van der Waals surface area contributed by atoms with Gasteiger partial charge in [-0.1, -0.05) is 42.0 Å². The summed E-state index contributed by atoms with van der Waals surface area (Å²) in [7, 11) is 0. The zero-order valence-electron chi connectivity index (χ0n) is 15.6. The Morgan fingerprint density at radius 2 is 1.69 bits per heavy atom. The normalized spacial score (nSPS) is 10.8. The van der Waals surface area contributed by atoms with Gasteiger partial charge in [0.15, 0.2) is 0 Å². The molecule has 4 rings (SSSR count). The number of primary amides is 1. The van der Waals surface area contributed by atoms with E-state index in [2.05, 4.69) is 5.32 Å². The quantitative estimate of drug-likeness (QED) is 0.523. The Hall–Kier alpha value is -3.93. The zero-order chi connectivity index (χ0) is 20.5. The first-order valence-electron chi connectivity index (χ1n) is 9.02. The van der Waals surface area contributed by atoms with Crippen molar-refractivity contribution < 1.29 is 14.0 Å². The van der Waals surface area contributed by atoms with E-state index in [1.165, 1.54) is 16.7 Å². The highest BCUT2D eigenvalue weighted by atomic mass is 19.1. The summed E-state index contributed by atoms with van der Waals surface area (Å²) >= 11 is 0. The van der Waals surface area contributed by atoms with Gasteiger partial charge in [0.05, 0.1) is 16.8 Å². The van der Waals surface area contributed by atoms with Gasteiger partial charge in [-0.3, -0.25) is 9.36 Å². The second-order valence-electron chi connectivity index (χ2n) is 6.78. The maximum absolute atomic E-state index is 13.9. The Balaban J connectivity index is 1.64. The van der Waals surface area contributed by atoms with Gasteiger partial charge in [0.2, 0.25) is 0 Å². The topological polar surface area (TPSA) is 77.1 Å². The predicted octanol–water partition coefficient (Wildman–Crippen LogP) is 4.93. The number of benzene rings is 3. The molecular weight excluding hydrogens is 369 g/mol. The van der Waals surface area contributed by atoms with Crippen molar-refractivity contribution in [1.29, 1.82) is 0 Å². The smallest absolute Gasteiger partial charge is 0.323 e. The van der Waals surface area contributed by atoms with Crippen molar-refractivity contribution in [1.82, 2.24) is 4.57 Å². The standard InChI is InChI=1S/C23H18FN3O2/c1-14-6-11-19(24)18(12-14)22(28)26-17-9-7-15(8-10-17)21-13-16-4-2-3-5-20(16)27(21)23(25)29/h2-13H,1H3,(H2,25,29)(H,26,28). The molecule has 2 amide bonds. The molecular formula is C23H18FN3O2. The molecule has 3 N–H and O–H groups in total. The molecule has 1 aromatic heterocycles. The number of para-hydroxylation sites is 1. The molecule has 0 aliphatic rings. The number of halogens is 1. The van der Waals surface area contributed by atoms with Crippen molar-refractivity contribution in [3.05, 3.63) is 89.7 Å². The van der Waals surface area contributed by atoms with Gasteiger partial charge in [-0.2, -0.15) is 0 Å². The van der Waals surface area contributed by atoms with Crippen molar-refractivity contribution in [3.8, 4) is 11.3 Å². The molecule has 4 aromatic rings. The van der Waals surface area contributed by atoms with Crippen LogP contribution in [0.1, 0.15) is 15.9 Å². The molecule has 0 unspecified atom stereocenters. The van der Waals surface area contributed by atoms with Gasteiger partial charge < -0.3 is 11.1 Å². The van der Waals surface area contributed by atoms with Gasteiger partial charge in [-0.25, -0.2) is 9.18 Å². The molecule has 144 valence electrons. The third kappa shape index (κ3) is 3.48. The number of aryl methyl sites for hydroxylation is 1. The molecule has 0 saturated carbocycles. The molecule has 0 bridgehead atoms. The minimum Gasteiger partial charge on any atom is -0.351 e. The summed E-state index contributed by atoms with van der Waals surface area (Å²) in [6.07, 6.45) is 0. The fourth-order valence-corrected chi connectivity index (χ4v) is 3.34. The summed E-state index contributed by atoms with van der Waals surface area (Å²) < 4.78 is 15.4. The minimum atomic E-state index is -0.575. The van der Waals surface area contributed by atoms with Gasteiger partial charge in [0.1, 0.15) is 5.82 Å². The summed E-state index contributed by atoms with van der Waals surface area (Å²) in [5.41, 5.74) is 9.02. The van der Waals surface area contributed by atoms with E-state index < -0.39 is 17.8 Å². The van der Waals surface area contributed by atoms with Crippen molar-refractivity contribution in [2.75, 3.05) is 5.32 Å². The second-order valence-corrected chi connectivity index (χ2v) is 6.78. The zero-order valence-corrected chi connectivity index (χ0v) is 15.6. The summed E-state index contributed by atoms with van der Waals surface area (Å²) in [5, 5.41) is 3.59. The molecule has 3 aromatic carbocycles. The van der Waals surface area contributed by atoms with Crippen LogP contribution in [-0.2, 0) is 0 Å². The first-order valence-corrected chi connectivity index (χ1v) is 9.02. The molecule has 0 aliphatic carbocycles. The van der Waals surface area contributed by atoms with E-state index in [-0.39, 0.29) is 5.56 Å². The number of nitrogens with one attached hydrogen (secondary N) is 1. The number of anilines is 1. The average Bonchev–Trinajstić information content (AvgIpc) is 3.10. The van der Waals surface area contributed by atoms with E-state index in [9.17, 15) is 14.0 Å². The fraction of sp³-hybridized carbons (Fsp3) is 0.0435. The van der Waals surface area contributed by atoms with E-state index >= 15 is 0 Å². The second kappa shape index (κ2) is 7.24. The maximum Gasteiger partial charge on any atom is 0.323 e. The Morgan fingerprint density at radius 1 is 0.966 bits per heavy atom. The van der Waals surface area contributed by atoms with Gasteiger partial charge in [-0.05, 0) is 48.9 Å². The van der Waals surface area contributed by atoms with E-state index in [0.717, 1.165) is 22.0 Å². The van der Waals surface area contributed by atoms with E-state index in [1.54, 1.807) is 37.3 Å². The maximum atomic E-state index is 13.9. The van der Waals surface area contributed by atoms with Crippen molar-refractivity contribution in [2.45, 2.75) is 6.92 Å². The van der Waals surface area contributed by atoms with Crippen LogP contribution >= 0.6 is 0 Å². The lowest BCUT2D eigenvalue weighted by Gasteiger charge is -2.09. The Morgan fingerprint density at radius 3 is 2.41 bits per heavy atom. The van der Waals surface area contributed by atoms with Gasteiger partial charge in [-0.15, -0.1) is 0 Å². The highest BCUT2D eigenvalue weighted by molar-refractivity contribution is 6.04. The van der Waals surface area contributed by atoms with Crippen LogP contribution in [0.3, 0.4) is 0 Å². The number of hydrogen-bond donors (Lipinski definition) is 2. The first-order chi connectivity index (χ1) is 13.9. The summed E-state index contributed by atoms with van der Waals surface area (Å²) in [6.45, 7) is 1.79. The van der Waals surface area contributed by atoms with Gasteiger partial charge in [0, 0.05) is 11.1 Å². The third-order valence-corrected chi connectivity index (χ3v) is 4.74. The lowest BCUT2D eigenvalue weighted by atomic mass is 10.1. The summed E-state index contributed by atoms with van der Waals surface area (Å²) in [4.78, 5) is 24.4. The minimum absolute atomic E-state index is 0.0112. The van der Waals surface area contributed by atoms with Crippen molar-refractivity contribution in [2.24, 2.45) is 5.73 Å². The Bertz CT molecular complexity index is 1240. The Labute approximate surface area is 166 Å². The van der Waals surface area contributed by atoms with Crippen molar-refractivity contribution in [3.63, 3.8) is 0 Å². The average molecular weight is 387 g/mol. The number of fused-ring (bicyclic) bond motifs is 1. The molecule has 6 heteroatoms. The first kappa shape index (κ1) is 18.4. The van der Waals surface area contributed by atoms with Crippen LogP contribution in [0.4, 0.5) is 14.9 Å². The third-order valence-electron chi connectivity index (χ3n) is 4.74. The monoisotopic (exact) mass is 387 g/mol. The molecule has 1 heterocycles. The highest BCUT2D eigenvalue weighted by Crippen LogP contribution is 2.29. The molecule has 29 heavy (non-hydrogen) atoms. The lowest BCUT2D eigenvalue weighted by Crippen LogP contribution is -2.20. The largest absolute Gasteiger partial charge is 0.351 e. The van der Waals surface area contributed by atoms with Gasteiger partial charge >= 0.3 is 6.03 Å². The molecule has 0 saturated heterocycles.